The van der Waals surface area contributed by atoms with Crippen LogP contribution in [0.2, 0.25) is 5.02 Å². The molecule has 0 bridgehead atoms. The molecule has 0 aliphatic carbocycles. The van der Waals surface area contributed by atoms with Gasteiger partial charge < -0.3 is 10.1 Å². The number of benzene rings is 2. The van der Waals surface area contributed by atoms with E-state index in [-0.39, 0.29) is 25.1 Å². The molecule has 2 aromatic rings. The van der Waals surface area contributed by atoms with E-state index in [1.165, 1.54) is 0 Å². The lowest BCUT2D eigenvalue weighted by molar-refractivity contribution is -0.124. The maximum Gasteiger partial charge on any atom is 0.250 e. The Kier molecular flexibility index (Phi) is 7.19. The van der Waals surface area contributed by atoms with E-state index < -0.39 is 21.3 Å². The monoisotopic (exact) mass is 452 g/mol. The van der Waals surface area contributed by atoms with Gasteiger partial charge in [0, 0.05) is 23.8 Å². The zero-order chi connectivity index (χ0) is 21.7. The van der Waals surface area contributed by atoms with Crippen molar-refractivity contribution in [2.45, 2.75) is 31.9 Å². The van der Waals surface area contributed by atoms with Gasteiger partial charge in [0.15, 0.2) is 5.37 Å². The maximum absolute atomic E-state index is 12.8. The Balaban J connectivity index is 1.60. The Morgan fingerprint density at radius 3 is 2.47 bits per heavy atom. The third-order valence-electron chi connectivity index (χ3n) is 4.47. The Labute approximate surface area is 181 Å². The largest absolute Gasteiger partial charge is 0.491 e. The van der Waals surface area contributed by atoms with Crippen molar-refractivity contribution in [3.8, 4) is 5.75 Å². The number of amides is 1. The van der Waals surface area contributed by atoms with Crippen molar-refractivity contribution in [1.82, 2.24) is 16.2 Å². The number of carbonyl (C=O) groups is 1. The molecular formula is C20H25ClN4O4S. The molecule has 0 spiro atoms. The molecule has 1 heterocycles. The lowest BCUT2D eigenvalue weighted by atomic mass is 10.1. The third kappa shape index (κ3) is 5.85. The van der Waals surface area contributed by atoms with Crippen LogP contribution in [0.4, 0.5) is 5.69 Å². The summed E-state index contributed by atoms with van der Waals surface area (Å²) < 4.78 is 33.6. The van der Waals surface area contributed by atoms with Gasteiger partial charge in [0.25, 0.3) is 10.0 Å². The number of hydrogen-bond acceptors (Lipinski definition) is 6. The minimum atomic E-state index is -3.86. The van der Waals surface area contributed by atoms with Gasteiger partial charge in [-0.2, -0.15) is 0 Å². The number of hydrazine groups is 1. The first-order valence-corrected chi connectivity index (χ1v) is 11.5. The lowest BCUT2D eigenvalue weighted by Crippen LogP contribution is -2.46. The Morgan fingerprint density at radius 2 is 1.83 bits per heavy atom. The lowest BCUT2D eigenvalue weighted by Gasteiger charge is -2.19. The van der Waals surface area contributed by atoms with Gasteiger partial charge >= 0.3 is 0 Å². The van der Waals surface area contributed by atoms with E-state index >= 15 is 0 Å². The second-order valence-corrected chi connectivity index (χ2v) is 9.47. The average molecular weight is 453 g/mol. The number of halogens is 1. The average Bonchev–Trinajstić information content (AvgIpc) is 3.19. The number of carbonyl (C=O) groups excluding carboxylic acids is 1. The molecule has 10 heteroatoms. The molecule has 1 saturated heterocycles. The molecule has 1 fully saturated rings. The summed E-state index contributed by atoms with van der Waals surface area (Å²) >= 11 is 5.83. The minimum Gasteiger partial charge on any atom is -0.491 e. The summed E-state index contributed by atoms with van der Waals surface area (Å²) in [5.74, 6) is -0.400. The van der Waals surface area contributed by atoms with Gasteiger partial charge in [-0.3, -0.25) is 14.9 Å². The Hall–Kier alpha value is -2.33. The number of sulfonamides is 1. The van der Waals surface area contributed by atoms with Crippen LogP contribution in [-0.2, 0) is 21.4 Å². The first-order valence-electron chi connectivity index (χ1n) is 9.53. The quantitative estimate of drug-likeness (QED) is 0.489. The second-order valence-electron chi connectivity index (χ2n) is 7.23. The fourth-order valence-corrected chi connectivity index (χ4v) is 4.63. The van der Waals surface area contributed by atoms with Crippen molar-refractivity contribution in [3.05, 3.63) is 59.1 Å². The molecule has 162 valence electrons. The van der Waals surface area contributed by atoms with Crippen LogP contribution in [0.5, 0.6) is 5.75 Å². The summed E-state index contributed by atoms with van der Waals surface area (Å²) in [5.41, 5.74) is 6.70. The standard InChI is InChI=1S/C20H25ClN4O4S/c1-13(2)29-17-9-3-14(4-10-17)11-22-19(26)18-12-23-24-20(18)30(27,28)25-16-7-5-15(21)6-8-16/h3-10,13,18,20,23-25H,11-12H2,1-2H3,(H,22,26). The summed E-state index contributed by atoms with van der Waals surface area (Å²) in [7, 11) is -3.86. The summed E-state index contributed by atoms with van der Waals surface area (Å²) in [4.78, 5) is 12.7. The van der Waals surface area contributed by atoms with Gasteiger partial charge in [-0.05, 0) is 55.8 Å². The molecule has 8 nitrogen and oxygen atoms in total. The molecule has 0 aromatic heterocycles. The predicted octanol–water partition coefficient (Wildman–Crippen LogP) is 2.24. The van der Waals surface area contributed by atoms with Crippen molar-refractivity contribution in [2.24, 2.45) is 5.92 Å². The van der Waals surface area contributed by atoms with Gasteiger partial charge in [0.2, 0.25) is 5.91 Å². The van der Waals surface area contributed by atoms with Gasteiger partial charge in [-0.1, -0.05) is 23.7 Å². The Bertz CT molecular complexity index is 965. The SMILES string of the molecule is CC(C)Oc1ccc(CNC(=O)C2CNNC2S(=O)(=O)Nc2ccc(Cl)cc2)cc1. The zero-order valence-corrected chi connectivity index (χ0v) is 18.3. The number of rotatable bonds is 8. The van der Waals surface area contributed by atoms with Crippen molar-refractivity contribution >= 4 is 33.2 Å². The van der Waals surface area contributed by atoms with Crippen LogP contribution in [0.15, 0.2) is 48.5 Å². The number of hydrogen-bond donors (Lipinski definition) is 4. The molecular weight excluding hydrogens is 428 g/mol. The van der Waals surface area contributed by atoms with E-state index in [1.54, 1.807) is 24.3 Å². The highest BCUT2D eigenvalue weighted by Gasteiger charge is 2.41. The van der Waals surface area contributed by atoms with Crippen LogP contribution in [0.3, 0.4) is 0 Å². The summed E-state index contributed by atoms with van der Waals surface area (Å²) in [6, 6.07) is 13.7. The molecule has 1 amide bonds. The highest BCUT2D eigenvalue weighted by Crippen LogP contribution is 2.20. The van der Waals surface area contributed by atoms with Crippen LogP contribution in [-0.4, -0.2) is 32.3 Å². The molecule has 4 N–H and O–H groups in total. The molecule has 1 aliphatic rings. The van der Waals surface area contributed by atoms with Crippen molar-refractivity contribution < 1.29 is 17.9 Å². The minimum absolute atomic E-state index is 0.0817. The molecule has 0 saturated carbocycles. The van der Waals surface area contributed by atoms with Gasteiger partial charge in [0.05, 0.1) is 12.0 Å². The van der Waals surface area contributed by atoms with Gasteiger partial charge in [-0.25, -0.2) is 13.8 Å². The fourth-order valence-electron chi connectivity index (χ4n) is 3.03. The smallest absolute Gasteiger partial charge is 0.250 e. The Morgan fingerprint density at radius 1 is 1.17 bits per heavy atom. The van der Waals surface area contributed by atoms with Crippen molar-refractivity contribution in [2.75, 3.05) is 11.3 Å². The molecule has 1 aliphatic heterocycles. The third-order valence-corrected chi connectivity index (χ3v) is 6.36. The first-order chi connectivity index (χ1) is 14.2. The highest BCUT2D eigenvalue weighted by atomic mass is 35.5. The molecule has 2 unspecified atom stereocenters. The number of ether oxygens (including phenoxy) is 1. The zero-order valence-electron chi connectivity index (χ0n) is 16.7. The highest BCUT2D eigenvalue weighted by molar-refractivity contribution is 7.93. The van der Waals surface area contributed by atoms with Gasteiger partial charge in [-0.15, -0.1) is 0 Å². The van der Waals surface area contributed by atoms with E-state index in [0.29, 0.717) is 10.7 Å². The first kappa shape index (κ1) is 22.4. The van der Waals surface area contributed by atoms with Gasteiger partial charge in [0.1, 0.15) is 5.75 Å². The topological polar surface area (TPSA) is 109 Å². The summed E-state index contributed by atoms with van der Waals surface area (Å²) in [5, 5.41) is 2.19. The maximum atomic E-state index is 12.8. The molecule has 3 rings (SSSR count). The predicted molar refractivity (Wildman–Crippen MR) is 116 cm³/mol. The van der Waals surface area contributed by atoms with E-state index in [0.717, 1.165) is 11.3 Å². The van der Waals surface area contributed by atoms with E-state index in [9.17, 15) is 13.2 Å². The fraction of sp³-hybridized carbons (Fsp3) is 0.350. The number of nitrogens with one attached hydrogen (secondary N) is 4. The molecule has 0 radical (unpaired) electrons. The van der Waals surface area contributed by atoms with Crippen LogP contribution >= 0.6 is 11.6 Å². The molecule has 2 atom stereocenters. The summed E-state index contributed by atoms with van der Waals surface area (Å²) in [6.45, 7) is 4.38. The van der Waals surface area contributed by atoms with E-state index in [4.69, 9.17) is 16.3 Å². The number of anilines is 1. The van der Waals surface area contributed by atoms with Crippen molar-refractivity contribution in [1.29, 1.82) is 0 Å². The van der Waals surface area contributed by atoms with Crippen LogP contribution in [0.1, 0.15) is 19.4 Å². The molecule has 2 aromatic carbocycles. The molecule has 30 heavy (non-hydrogen) atoms. The summed E-state index contributed by atoms with van der Waals surface area (Å²) in [6.07, 6.45) is 0.0817. The van der Waals surface area contributed by atoms with Crippen molar-refractivity contribution in [3.63, 3.8) is 0 Å². The normalized spacial score (nSPS) is 18.9. The van der Waals surface area contributed by atoms with Crippen LogP contribution in [0, 0.1) is 5.92 Å². The van der Waals surface area contributed by atoms with Crippen LogP contribution in [0.25, 0.3) is 0 Å². The van der Waals surface area contributed by atoms with Crippen LogP contribution < -0.4 is 25.6 Å². The second kappa shape index (κ2) is 9.65. The van der Waals surface area contributed by atoms with E-state index in [1.807, 2.05) is 38.1 Å². The van der Waals surface area contributed by atoms with E-state index in [2.05, 4.69) is 20.9 Å².